The Morgan fingerprint density at radius 3 is 1.75 bits per heavy atom. The van der Waals surface area contributed by atoms with Gasteiger partial charge in [-0.25, -0.2) is 0 Å². The summed E-state index contributed by atoms with van der Waals surface area (Å²) in [5.74, 6) is 0. The van der Waals surface area contributed by atoms with E-state index in [0.717, 1.165) is 0 Å². The normalized spacial score (nSPS) is 7.00. The highest BCUT2D eigenvalue weighted by Gasteiger charge is 1.70. The van der Waals surface area contributed by atoms with Gasteiger partial charge in [0.2, 0.25) is 0 Å². The SMILES string of the molecule is C=CCOCC=C.[O]. The van der Waals surface area contributed by atoms with E-state index in [0.29, 0.717) is 13.2 Å². The molecule has 0 atom stereocenters. The van der Waals surface area contributed by atoms with E-state index in [1.54, 1.807) is 12.2 Å². The summed E-state index contributed by atoms with van der Waals surface area (Å²) in [6.45, 7) is 8.18. The minimum Gasteiger partial charge on any atom is -0.373 e. The van der Waals surface area contributed by atoms with E-state index in [2.05, 4.69) is 13.2 Å². The van der Waals surface area contributed by atoms with Gasteiger partial charge >= 0.3 is 0 Å². The Balaban J connectivity index is 0. The van der Waals surface area contributed by atoms with Crippen LogP contribution in [0.2, 0.25) is 0 Å². The predicted octanol–water partition coefficient (Wildman–Crippen LogP) is 1.26. The molecule has 0 aliphatic rings. The van der Waals surface area contributed by atoms with Crippen molar-refractivity contribution in [3.63, 3.8) is 0 Å². The second-order valence-electron chi connectivity index (χ2n) is 1.11. The number of ether oxygens (including phenoxy) is 1. The third kappa shape index (κ3) is 9.04. The van der Waals surface area contributed by atoms with Gasteiger partial charge in [-0.3, -0.25) is 0 Å². The fraction of sp³-hybridized carbons (Fsp3) is 0.333. The van der Waals surface area contributed by atoms with Gasteiger partial charge in [-0.05, 0) is 0 Å². The summed E-state index contributed by atoms with van der Waals surface area (Å²) in [5.41, 5.74) is 0. The molecule has 0 amide bonds. The molecule has 0 fully saturated rings. The van der Waals surface area contributed by atoms with Crippen molar-refractivity contribution in [2.75, 3.05) is 13.2 Å². The van der Waals surface area contributed by atoms with Crippen LogP contribution in [0.3, 0.4) is 0 Å². The maximum Gasteiger partial charge on any atom is 0.0649 e. The lowest BCUT2D eigenvalue weighted by atomic mass is 10.6. The summed E-state index contributed by atoms with van der Waals surface area (Å²) in [5, 5.41) is 0. The number of hydrogen-bond donors (Lipinski definition) is 0. The Hall–Kier alpha value is -0.600. The van der Waals surface area contributed by atoms with Crippen LogP contribution < -0.4 is 0 Å². The Morgan fingerprint density at radius 1 is 1.12 bits per heavy atom. The molecule has 0 N–H and O–H groups in total. The van der Waals surface area contributed by atoms with E-state index in [1.807, 2.05) is 0 Å². The Labute approximate surface area is 49.8 Å². The van der Waals surface area contributed by atoms with Crippen LogP contribution >= 0.6 is 0 Å². The maximum atomic E-state index is 4.90. The second kappa shape index (κ2) is 9.64. The van der Waals surface area contributed by atoms with Crippen molar-refractivity contribution in [2.45, 2.75) is 0 Å². The lowest BCUT2D eigenvalue weighted by Crippen LogP contribution is -1.87. The summed E-state index contributed by atoms with van der Waals surface area (Å²) >= 11 is 0. The van der Waals surface area contributed by atoms with Gasteiger partial charge in [-0.15, -0.1) is 13.2 Å². The van der Waals surface area contributed by atoms with E-state index in [-0.39, 0.29) is 5.48 Å². The number of hydrogen-bond acceptors (Lipinski definition) is 1. The molecule has 0 saturated carbocycles. The van der Waals surface area contributed by atoms with Crippen LogP contribution in [0.25, 0.3) is 0 Å². The van der Waals surface area contributed by atoms with Crippen molar-refractivity contribution in [2.24, 2.45) is 0 Å². The number of rotatable bonds is 4. The van der Waals surface area contributed by atoms with Gasteiger partial charge in [-0.2, -0.15) is 0 Å². The molecule has 0 aromatic carbocycles. The summed E-state index contributed by atoms with van der Waals surface area (Å²) in [6, 6.07) is 0. The zero-order valence-corrected chi connectivity index (χ0v) is 4.80. The summed E-state index contributed by atoms with van der Waals surface area (Å²) in [7, 11) is 0. The molecule has 0 saturated heterocycles. The first-order valence-electron chi connectivity index (χ1n) is 2.21. The monoisotopic (exact) mass is 114 g/mol. The van der Waals surface area contributed by atoms with Gasteiger partial charge in [0.05, 0.1) is 13.2 Å². The Morgan fingerprint density at radius 2 is 1.50 bits per heavy atom. The molecular weight excluding hydrogens is 104 g/mol. The quantitative estimate of drug-likeness (QED) is 0.400. The van der Waals surface area contributed by atoms with Gasteiger partial charge in [0, 0.05) is 5.48 Å². The van der Waals surface area contributed by atoms with Crippen LogP contribution in [-0.2, 0) is 10.2 Å². The zero-order chi connectivity index (χ0) is 5.54. The van der Waals surface area contributed by atoms with Crippen molar-refractivity contribution in [3.8, 4) is 0 Å². The van der Waals surface area contributed by atoms with Gasteiger partial charge < -0.3 is 4.74 Å². The summed E-state index contributed by atoms with van der Waals surface area (Å²) in [6.07, 6.45) is 3.42. The maximum absolute atomic E-state index is 4.90. The molecule has 0 unspecified atom stereocenters. The molecule has 2 heteroatoms. The molecule has 0 heterocycles. The minimum absolute atomic E-state index is 0. The molecule has 0 spiro atoms. The predicted molar refractivity (Wildman–Crippen MR) is 31.9 cm³/mol. The van der Waals surface area contributed by atoms with Crippen molar-refractivity contribution in [1.82, 2.24) is 0 Å². The van der Waals surface area contributed by atoms with E-state index < -0.39 is 0 Å². The van der Waals surface area contributed by atoms with Gasteiger partial charge in [-0.1, -0.05) is 12.2 Å². The molecule has 2 radical (unpaired) electrons. The summed E-state index contributed by atoms with van der Waals surface area (Å²) < 4.78 is 4.90. The first-order valence-corrected chi connectivity index (χ1v) is 2.21. The van der Waals surface area contributed by atoms with Gasteiger partial charge in [0.15, 0.2) is 0 Å². The van der Waals surface area contributed by atoms with Gasteiger partial charge in [0.1, 0.15) is 0 Å². The van der Waals surface area contributed by atoms with Crippen molar-refractivity contribution < 1.29 is 10.2 Å². The third-order valence-corrected chi connectivity index (χ3v) is 0.471. The lowest BCUT2D eigenvalue weighted by molar-refractivity contribution is 0.194. The third-order valence-electron chi connectivity index (χ3n) is 0.471. The van der Waals surface area contributed by atoms with Gasteiger partial charge in [0.25, 0.3) is 0 Å². The summed E-state index contributed by atoms with van der Waals surface area (Å²) in [4.78, 5) is 0. The average molecular weight is 114 g/mol. The first-order chi connectivity index (χ1) is 3.41. The van der Waals surface area contributed by atoms with Crippen LogP contribution in [0.1, 0.15) is 0 Å². The highest BCUT2D eigenvalue weighted by Crippen LogP contribution is 1.72. The van der Waals surface area contributed by atoms with Crippen LogP contribution in [0, 0.1) is 0 Å². The molecule has 0 rings (SSSR count). The fourth-order valence-corrected chi connectivity index (χ4v) is 0.235. The van der Waals surface area contributed by atoms with Crippen LogP contribution in [0.4, 0.5) is 0 Å². The molecule has 0 bridgehead atoms. The average Bonchev–Trinajstić information content (AvgIpc) is 1.69. The molecule has 46 valence electrons. The van der Waals surface area contributed by atoms with Crippen LogP contribution in [0.5, 0.6) is 0 Å². The first kappa shape index (κ1) is 10.4. The molecule has 0 aromatic rings. The van der Waals surface area contributed by atoms with Crippen LogP contribution in [-0.4, -0.2) is 13.2 Å². The zero-order valence-electron chi connectivity index (χ0n) is 4.80. The standard InChI is InChI=1S/C6H10O.O/c1-3-5-7-6-4-2;/h3-4H,1-2,5-6H2;. The van der Waals surface area contributed by atoms with Crippen LogP contribution in [0.15, 0.2) is 25.3 Å². The Bertz CT molecular complexity index is 51.5. The minimum atomic E-state index is 0. The van der Waals surface area contributed by atoms with Crippen molar-refractivity contribution in [3.05, 3.63) is 25.3 Å². The second-order valence-corrected chi connectivity index (χ2v) is 1.11. The molecule has 2 nitrogen and oxygen atoms in total. The molecule has 0 aliphatic carbocycles. The van der Waals surface area contributed by atoms with E-state index in [4.69, 9.17) is 4.74 Å². The lowest BCUT2D eigenvalue weighted by Gasteiger charge is -1.89. The van der Waals surface area contributed by atoms with Crippen molar-refractivity contribution in [1.29, 1.82) is 0 Å². The fourth-order valence-electron chi connectivity index (χ4n) is 0.235. The smallest absolute Gasteiger partial charge is 0.0649 e. The van der Waals surface area contributed by atoms with Crippen molar-refractivity contribution >= 4 is 0 Å². The molecule has 0 aliphatic heterocycles. The highest BCUT2D eigenvalue weighted by atomic mass is 16.5. The molecular formula is C6H10O2. The van der Waals surface area contributed by atoms with E-state index in [9.17, 15) is 0 Å². The molecule has 0 aromatic heterocycles. The highest BCUT2D eigenvalue weighted by molar-refractivity contribution is 4.68. The topological polar surface area (TPSA) is 37.7 Å². The largest absolute Gasteiger partial charge is 0.373 e. The molecule has 8 heavy (non-hydrogen) atoms. The van der Waals surface area contributed by atoms with E-state index >= 15 is 0 Å². The Kier molecular flexibility index (Phi) is 12.5. The van der Waals surface area contributed by atoms with E-state index in [1.165, 1.54) is 0 Å².